The van der Waals surface area contributed by atoms with E-state index < -0.39 is 4.92 Å². The second-order valence-corrected chi connectivity index (χ2v) is 5.28. The molecule has 0 spiro atoms. The zero-order valence-electron chi connectivity index (χ0n) is 11.7. The number of nitrogens with one attached hydrogen (secondary N) is 2. The van der Waals surface area contributed by atoms with Gasteiger partial charge in [0.25, 0.3) is 5.69 Å². The van der Waals surface area contributed by atoms with Gasteiger partial charge in [-0.3, -0.25) is 10.1 Å². The SMILES string of the molecule is N#Cc1cc([N+](=O)[O-])ccc1NCCNc1ncc(Cl)cc1Cl. The summed E-state index contributed by atoms with van der Waals surface area (Å²) in [5, 5.41) is 26.6. The number of nitriles is 1. The first-order valence-corrected chi connectivity index (χ1v) is 7.24. The number of aromatic nitrogens is 1. The lowest BCUT2D eigenvalue weighted by molar-refractivity contribution is -0.384. The fourth-order valence-corrected chi connectivity index (χ4v) is 2.26. The number of non-ortho nitro benzene ring substituents is 1. The summed E-state index contributed by atoms with van der Waals surface area (Å²) in [4.78, 5) is 14.2. The van der Waals surface area contributed by atoms with Crippen LogP contribution in [0.3, 0.4) is 0 Å². The quantitative estimate of drug-likeness (QED) is 0.467. The van der Waals surface area contributed by atoms with E-state index in [9.17, 15) is 10.1 Å². The summed E-state index contributed by atoms with van der Waals surface area (Å²) in [7, 11) is 0. The number of nitro benzene ring substituents is 1. The van der Waals surface area contributed by atoms with Crippen LogP contribution in [0.5, 0.6) is 0 Å². The minimum absolute atomic E-state index is 0.123. The largest absolute Gasteiger partial charge is 0.382 e. The van der Waals surface area contributed by atoms with Gasteiger partial charge in [-0.1, -0.05) is 23.2 Å². The van der Waals surface area contributed by atoms with Crippen LogP contribution in [0, 0.1) is 21.4 Å². The molecule has 0 saturated heterocycles. The molecule has 0 radical (unpaired) electrons. The van der Waals surface area contributed by atoms with Gasteiger partial charge in [0, 0.05) is 31.4 Å². The molecule has 0 aliphatic carbocycles. The van der Waals surface area contributed by atoms with Gasteiger partial charge in [-0.15, -0.1) is 0 Å². The third-order valence-electron chi connectivity index (χ3n) is 2.88. The van der Waals surface area contributed by atoms with Crippen molar-refractivity contribution in [1.29, 1.82) is 5.26 Å². The van der Waals surface area contributed by atoms with Crippen molar-refractivity contribution in [2.75, 3.05) is 23.7 Å². The number of nitro groups is 1. The average Bonchev–Trinajstić information content (AvgIpc) is 2.53. The molecule has 1 aromatic carbocycles. The average molecular weight is 352 g/mol. The van der Waals surface area contributed by atoms with Crippen LogP contribution in [-0.4, -0.2) is 23.0 Å². The lowest BCUT2D eigenvalue weighted by atomic mass is 10.1. The number of anilines is 2. The predicted octanol–water partition coefficient (Wildman–Crippen LogP) is 3.69. The zero-order chi connectivity index (χ0) is 16.8. The third kappa shape index (κ3) is 4.45. The molecule has 9 heteroatoms. The van der Waals surface area contributed by atoms with Crippen LogP contribution >= 0.6 is 23.2 Å². The van der Waals surface area contributed by atoms with Crippen LogP contribution in [0.2, 0.25) is 10.0 Å². The molecule has 1 aromatic heterocycles. The van der Waals surface area contributed by atoms with Crippen molar-refractivity contribution in [2.24, 2.45) is 0 Å². The van der Waals surface area contributed by atoms with Crippen LogP contribution in [-0.2, 0) is 0 Å². The predicted molar refractivity (Wildman–Crippen MR) is 89.0 cm³/mol. The van der Waals surface area contributed by atoms with Crippen molar-refractivity contribution in [3.05, 3.63) is 56.2 Å². The standard InChI is InChI=1S/C14H11Cl2N5O2/c15-10-6-12(16)14(20-8-10)19-4-3-18-13-2-1-11(21(22)23)5-9(13)7-17/h1-2,5-6,8,18H,3-4H2,(H,19,20). The topological polar surface area (TPSA) is 104 Å². The lowest BCUT2D eigenvalue weighted by Gasteiger charge is -2.10. The van der Waals surface area contributed by atoms with Gasteiger partial charge >= 0.3 is 0 Å². The van der Waals surface area contributed by atoms with E-state index in [4.69, 9.17) is 28.5 Å². The van der Waals surface area contributed by atoms with Gasteiger partial charge in [0.15, 0.2) is 0 Å². The van der Waals surface area contributed by atoms with Crippen molar-refractivity contribution >= 4 is 40.4 Å². The summed E-state index contributed by atoms with van der Waals surface area (Å²) in [5.74, 6) is 0.502. The number of hydrogen-bond donors (Lipinski definition) is 2. The Morgan fingerprint density at radius 1 is 1.26 bits per heavy atom. The molecular weight excluding hydrogens is 341 g/mol. The van der Waals surface area contributed by atoms with Crippen LogP contribution in [0.1, 0.15) is 5.56 Å². The first-order valence-electron chi connectivity index (χ1n) is 6.48. The number of benzene rings is 1. The van der Waals surface area contributed by atoms with E-state index in [0.29, 0.717) is 34.6 Å². The molecule has 23 heavy (non-hydrogen) atoms. The number of pyridine rings is 1. The van der Waals surface area contributed by atoms with E-state index in [1.165, 1.54) is 24.4 Å². The van der Waals surface area contributed by atoms with Crippen molar-refractivity contribution in [1.82, 2.24) is 4.98 Å². The fourth-order valence-electron chi connectivity index (χ4n) is 1.82. The van der Waals surface area contributed by atoms with Gasteiger partial charge in [0.2, 0.25) is 0 Å². The third-order valence-corrected chi connectivity index (χ3v) is 3.37. The molecule has 0 fully saturated rings. The Labute approximate surface area is 142 Å². The number of rotatable bonds is 6. The van der Waals surface area contributed by atoms with E-state index in [1.807, 2.05) is 6.07 Å². The summed E-state index contributed by atoms with van der Waals surface area (Å²) < 4.78 is 0. The zero-order valence-corrected chi connectivity index (χ0v) is 13.2. The van der Waals surface area contributed by atoms with Gasteiger partial charge in [0.1, 0.15) is 11.9 Å². The van der Waals surface area contributed by atoms with Gasteiger partial charge < -0.3 is 10.6 Å². The maximum Gasteiger partial charge on any atom is 0.270 e. The highest BCUT2D eigenvalue weighted by Gasteiger charge is 2.10. The maximum atomic E-state index is 10.7. The van der Waals surface area contributed by atoms with Gasteiger partial charge in [-0.05, 0) is 12.1 Å². The summed E-state index contributed by atoms with van der Waals surface area (Å²) in [6.07, 6.45) is 1.48. The highest BCUT2D eigenvalue weighted by atomic mass is 35.5. The summed E-state index contributed by atoms with van der Waals surface area (Å²) in [6.45, 7) is 0.948. The smallest absolute Gasteiger partial charge is 0.270 e. The van der Waals surface area contributed by atoms with Crippen molar-refractivity contribution in [3.8, 4) is 6.07 Å². The van der Waals surface area contributed by atoms with Crippen LogP contribution < -0.4 is 10.6 Å². The van der Waals surface area contributed by atoms with E-state index in [2.05, 4.69) is 15.6 Å². The molecule has 1 heterocycles. The summed E-state index contributed by atoms with van der Waals surface area (Å²) in [6, 6.07) is 7.58. The molecule has 118 valence electrons. The van der Waals surface area contributed by atoms with Gasteiger partial charge in [-0.2, -0.15) is 5.26 Å². The Kier molecular flexibility index (Phi) is 5.57. The van der Waals surface area contributed by atoms with Gasteiger partial charge in [0.05, 0.1) is 26.2 Å². The fraction of sp³-hybridized carbons (Fsp3) is 0.143. The minimum Gasteiger partial charge on any atom is -0.382 e. The second-order valence-electron chi connectivity index (χ2n) is 4.44. The molecule has 0 aliphatic rings. The monoisotopic (exact) mass is 351 g/mol. The Morgan fingerprint density at radius 2 is 2.00 bits per heavy atom. The summed E-state index contributed by atoms with van der Waals surface area (Å²) >= 11 is 11.7. The number of hydrogen-bond acceptors (Lipinski definition) is 6. The normalized spacial score (nSPS) is 9.96. The van der Waals surface area contributed by atoms with Crippen LogP contribution in [0.4, 0.5) is 17.2 Å². The van der Waals surface area contributed by atoms with Crippen molar-refractivity contribution in [2.45, 2.75) is 0 Å². The molecule has 0 unspecified atom stereocenters. The van der Waals surface area contributed by atoms with E-state index in [1.54, 1.807) is 6.07 Å². The minimum atomic E-state index is -0.541. The van der Waals surface area contributed by atoms with Crippen molar-refractivity contribution < 1.29 is 4.92 Å². The maximum absolute atomic E-state index is 10.7. The number of nitrogens with zero attached hydrogens (tertiary/aromatic N) is 3. The first-order chi connectivity index (χ1) is 11.0. The Hall–Kier alpha value is -2.56. The molecule has 0 amide bonds. The molecule has 0 atom stereocenters. The van der Waals surface area contributed by atoms with E-state index in [0.717, 1.165) is 0 Å². The molecule has 0 bridgehead atoms. The Morgan fingerprint density at radius 3 is 2.65 bits per heavy atom. The molecule has 0 aliphatic heterocycles. The summed E-state index contributed by atoms with van der Waals surface area (Å²) in [5.41, 5.74) is 0.610. The lowest BCUT2D eigenvalue weighted by Crippen LogP contribution is -2.15. The van der Waals surface area contributed by atoms with Crippen LogP contribution in [0.25, 0.3) is 0 Å². The molecular formula is C14H11Cl2N5O2. The Bertz CT molecular complexity index is 776. The first kappa shape index (κ1) is 16.8. The molecule has 0 saturated carbocycles. The van der Waals surface area contributed by atoms with E-state index >= 15 is 0 Å². The molecule has 7 nitrogen and oxygen atoms in total. The molecule has 2 N–H and O–H groups in total. The molecule has 2 rings (SSSR count). The van der Waals surface area contributed by atoms with Crippen LogP contribution in [0.15, 0.2) is 30.5 Å². The molecule has 2 aromatic rings. The highest BCUT2D eigenvalue weighted by Crippen LogP contribution is 2.23. The highest BCUT2D eigenvalue weighted by molar-refractivity contribution is 6.35. The Balaban J connectivity index is 1.94. The number of halogens is 2. The van der Waals surface area contributed by atoms with E-state index in [-0.39, 0.29) is 11.3 Å². The van der Waals surface area contributed by atoms with Crippen molar-refractivity contribution in [3.63, 3.8) is 0 Å². The van der Waals surface area contributed by atoms with Gasteiger partial charge in [-0.25, -0.2) is 4.98 Å². The second kappa shape index (κ2) is 7.63.